The van der Waals surface area contributed by atoms with Crippen molar-refractivity contribution in [2.75, 3.05) is 40.5 Å². The lowest BCUT2D eigenvalue weighted by atomic mass is 10.2. The van der Waals surface area contributed by atoms with Crippen molar-refractivity contribution >= 4 is 29.3 Å². The van der Waals surface area contributed by atoms with Crippen LogP contribution < -0.4 is 9.47 Å². The summed E-state index contributed by atoms with van der Waals surface area (Å²) in [6.45, 7) is 5.96. The molecule has 3 rings (SSSR count). The second kappa shape index (κ2) is 11.0. The Bertz CT molecular complexity index is 937. The summed E-state index contributed by atoms with van der Waals surface area (Å²) in [6, 6.07) is 5.10. The van der Waals surface area contributed by atoms with Crippen LogP contribution in [0, 0.1) is 0 Å². The molecular formula is C22H27N3O5S. The largest absolute Gasteiger partial charge is 0.493 e. The van der Waals surface area contributed by atoms with Crippen LogP contribution in [0.15, 0.2) is 29.7 Å². The van der Waals surface area contributed by atoms with Crippen molar-refractivity contribution in [2.45, 2.75) is 20.0 Å². The first-order chi connectivity index (χ1) is 14.9. The molecule has 1 aliphatic rings. The molecule has 1 amide bonds. The Morgan fingerprint density at radius 1 is 1.29 bits per heavy atom. The van der Waals surface area contributed by atoms with Gasteiger partial charge in [0, 0.05) is 38.5 Å². The Morgan fingerprint density at radius 3 is 2.77 bits per heavy atom. The van der Waals surface area contributed by atoms with E-state index in [9.17, 15) is 9.59 Å². The van der Waals surface area contributed by atoms with Gasteiger partial charge in [-0.1, -0.05) is 6.07 Å². The zero-order chi connectivity index (χ0) is 22.2. The van der Waals surface area contributed by atoms with Crippen molar-refractivity contribution in [3.8, 4) is 11.5 Å². The van der Waals surface area contributed by atoms with Crippen LogP contribution in [0.2, 0.25) is 0 Å². The number of hydrogen-bond acceptors (Lipinski definition) is 8. The van der Waals surface area contributed by atoms with Crippen molar-refractivity contribution in [3.05, 3.63) is 45.9 Å². The highest BCUT2D eigenvalue weighted by atomic mass is 32.1. The number of aromatic nitrogens is 1. The molecule has 31 heavy (non-hydrogen) atoms. The molecule has 2 heterocycles. The van der Waals surface area contributed by atoms with Crippen LogP contribution in [-0.2, 0) is 27.4 Å². The number of hydrogen-bond donors (Lipinski definition) is 0. The number of rotatable bonds is 8. The molecule has 166 valence electrons. The fourth-order valence-electron chi connectivity index (χ4n) is 3.09. The highest BCUT2D eigenvalue weighted by molar-refractivity contribution is 7.09. The van der Waals surface area contributed by atoms with Crippen LogP contribution in [0.5, 0.6) is 11.5 Å². The summed E-state index contributed by atoms with van der Waals surface area (Å²) >= 11 is 1.62. The van der Waals surface area contributed by atoms with Crippen molar-refractivity contribution in [3.63, 3.8) is 0 Å². The van der Waals surface area contributed by atoms with Gasteiger partial charge < -0.3 is 19.1 Å². The van der Waals surface area contributed by atoms with E-state index in [2.05, 4.69) is 9.88 Å². The summed E-state index contributed by atoms with van der Waals surface area (Å²) in [4.78, 5) is 32.3. The summed E-state index contributed by atoms with van der Waals surface area (Å²) in [7, 11) is 3.24. The molecule has 0 N–H and O–H groups in total. The van der Waals surface area contributed by atoms with Crippen LogP contribution in [0.4, 0.5) is 0 Å². The molecule has 1 aromatic carbocycles. The van der Waals surface area contributed by atoms with Gasteiger partial charge in [0.25, 0.3) is 0 Å². The molecule has 1 saturated heterocycles. The first-order valence-corrected chi connectivity index (χ1v) is 10.9. The maximum absolute atomic E-state index is 12.5. The predicted molar refractivity (Wildman–Crippen MR) is 118 cm³/mol. The number of esters is 1. The molecule has 2 aromatic rings. The number of methoxy groups -OCH3 is 1. The topological polar surface area (TPSA) is 81.2 Å². The van der Waals surface area contributed by atoms with Crippen molar-refractivity contribution < 1.29 is 23.8 Å². The minimum absolute atomic E-state index is 0.134. The van der Waals surface area contributed by atoms with Gasteiger partial charge >= 0.3 is 5.97 Å². The molecule has 0 spiro atoms. The minimum Gasteiger partial charge on any atom is -0.493 e. The predicted octanol–water partition coefficient (Wildman–Crippen LogP) is 2.58. The van der Waals surface area contributed by atoms with Crippen molar-refractivity contribution in [2.24, 2.45) is 0 Å². The molecular weight excluding hydrogens is 418 g/mol. The third-order valence-electron chi connectivity index (χ3n) is 4.70. The molecule has 1 aliphatic heterocycles. The van der Waals surface area contributed by atoms with E-state index in [4.69, 9.17) is 14.2 Å². The first-order valence-electron chi connectivity index (χ1n) is 9.97. The Labute approximate surface area is 186 Å². The number of nitrogens with zero attached hydrogens (tertiary/aromatic N) is 3. The van der Waals surface area contributed by atoms with E-state index in [0.29, 0.717) is 18.0 Å². The number of likely N-dealkylation sites (N-methyl/N-ethyl adjacent to an activating group) is 1. The Kier molecular flexibility index (Phi) is 8.16. The molecule has 0 radical (unpaired) electrons. The van der Waals surface area contributed by atoms with E-state index < -0.39 is 5.97 Å². The van der Waals surface area contributed by atoms with E-state index in [1.807, 2.05) is 5.38 Å². The minimum atomic E-state index is -0.423. The van der Waals surface area contributed by atoms with E-state index in [1.54, 1.807) is 47.6 Å². The van der Waals surface area contributed by atoms with Gasteiger partial charge in [-0.2, -0.15) is 0 Å². The van der Waals surface area contributed by atoms with E-state index in [-0.39, 0.29) is 5.91 Å². The van der Waals surface area contributed by atoms with Gasteiger partial charge in [0.05, 0.1) is 39.1 Å². The number of morpholine rings is 1. The third-order valence-corrected chi connectivity index (χ3v) is 5.58. The summed E-state index contributed by atoms with van der Waals surface area (Å²) in [6.07, 6.45) is 3.20. The highest BCUT2D eigenvalue weighted by Crippen LogP contribution is 2.28. The Balaban J connectivity index is 1.55. The molecule has 1 aromatic heterocycles. The molecule has 0 aliphatic carbocycles. The van der Waals surface area contributed by atoms with Crippen LogP contribution in [0.25, 0.3) is 6.08 Å². The van der Waals surface area contributed by atoms with Gasteiger partial charge in [0.2, 0.25) is 5.91 Å². The van der Waals surface area contributed by atoms with E-state index >= 15 is 0 Å². The van der Waals surface area contributed by atoms with Crippen LogP contribution in [0.3, 0.4) is 0 Å². The third kappa shape index (κ3) is 6.88. The number of carbonyl (C=O) groups excluding carboxylic acids is 2. The van der Waals surface area contributed by atoms with Gasteiger partial charge in [-0.15, -0.1) is 11.3 Å². The zero-order valence-corrected chi connectivity index (χ0v) is 18.8. The number of benzene rings is 1. The standard InChI is InChI=1S/C22H27N3O5S/c1-16(26)30-19-6-4-17(12-20(19)28-3)5-7-22(27)24(2)13-18-15-31-21(23-18)14-25-8-10-29-11-9-25/h4-7,12,15H,8-11,13-14H2,1-3H3/b7-5+. The number of carbonyl (C=O) groups is 2. The second-order valence-corrected chi connectivity index (χ2v) is 8.10. The number of thiazole rings is 1. The molecule has 1 fully saturated rings. The monoisotopic (exact) mass is 445 g/mol. The van der Waals surface area contributed by atoms with Crippen LogP contribution in [0.1, 0.15) is 23.2 Å². The molecule has 0 unspecified atom stereocenters. The van der Waals surface area contributed by atoms with E-state index in [1.165, 1.54) is 20.1 Å². The summed E-state index contributed by atoms with van der Waals surface area (Å²) in [5, 5.41) is 3.05. The van der Waals surface area contributed by atoms with Crippen molar-refractivity contribution in [1.29, 1.82) is 0 Å². The lowest BCUT2D eigenvalue weighted by Gasteiger charge is -2.25. The van der Waals surface area contributed by atoms with E-state index in [0.717, 1.165) is 49.1 Å². The van der Waals surface area contributed by atoms with Gasteiger partial charge in [-0.25, -0.2) is 4.98 Å². The van der Waals surface area contributed by atoms with Gasteiger partial charge in [0.15, 0.2) is 11.5 Å². The average molecular weight is 446 g/mol. The number of amides is 1. The van der Waals surface area contributed by atoms with Gasteiger partial charge in [-0.3, -0.25) is 14.5 Å². The quantitative estimate of drug-likeness (QED) is 0.351. The fourth-order valence-corrected chi connectivity index (χ4v) is 3.91. The zero-order valence-electron chi connectivity index (χ0n) is 18.0. The summed E-state index contributed by atoms with van der Waals surface area (Å²) < 4.78 is 15.7. The maximum Gasteiger partial charge on any atom is 0.308 e. The molecule has 8 nitrogen and oxygen atoms in total. The van der Waals surface area contributed by atoms with Crippen molar-refractivity contribution in [1.82, 2.24) is 14.8 Å². The molecule has 0 bridgehead atoms. The number of ether oxygens (including phenoxy) is 3. The molecule has 9 heteroatoms. The normalized spacial score (nSPS) is 14.5. The highest BCUT2D eigenvalue weighted by Gasteiger charge is 2.14. The maximum atomic E-state index is 12.5. The van der Waals surface area contributed by atoms with Crippen LogP contribution in [-0.4, -0.2) is 67.1 Å². The first kappa shape index (κ1) is 22.9. The smallest absolute Gasteiger partial charge is 0.308 e. The Hall–Kier alpha value is -2.75. The SMILES string of the molecule is COc1cc(/C=C/C(=O)N(C)Cc2csc(CN3CCOCC3)n2)ccc1OC(C)=O. The van der Waals surface area contributed by atoms with Gasteiger partial charge in [0.1, 0.15) is 5.01 Å². The molecule has 0 atom stereocenters. The van der Waals surface area contributed by atoms with Gasteiger partial charge in [-0.05, 0) is 23.8 Å². The average Bonchev–Trinajstić information content (AvgIpc) is 3.19. The molecule has 0 saturated carbocycles. The lowest BCUT2D eigenvalue weighted by molar-refractivity contribution is -0.132. The second-order valence-electron chi connectivity index (χ2n) is 7.15. The van der Waals surface area contributed by atoms with Crippen LogP contribution >= 0.6 is 11.3 Å². The summed E-state index contributed by atoms with van der Waals surface area (Å²) in [5.41, 5.74) is 1.64. The lowest BCUT2D eigenvalue weighted by Crippen LogP contribution is -2.35. The Morgan fingerprint density at radius 2 is 2.06 bits per heavy atom. The fraction of sp³-hybridized carbons (Fsp3) is 0.409. The summed E-state index contributed by atoms with van der Waals surface area (Å²) in [5.74, 6) is 0.208.